The van der Waals surface area contributed by atoms with Crippen LogP contribution in [0.2, 0.25) is 0 Å². The Labute approximate surface area is 181 Å². The molecule has 1 fully saturated rings. The third-order valence-electron chi connectivity index (χ3n) is 5.19. The van der Waals surface area contributed by atoms with Gasteiger partial charge in [0, 0.05) is 25.0 Å². The Morgan fingerprint density at radius 1 is 1.00 bits per heavy atom. The molecule has 7 heteroatoms. The van der Waals surface area contributed by atoms with Gasteiger partial charge in [0.2, 0.25) is 10.0 Å². The number of nitrogens with zero attached hydrogens (tertiary/aromatic N) is 3. The molecule has 0 spiro atoms. The van der Waals surface area contributed by atoms with Gasteiger partial charge in [0.1, 0.15) is 0 Å². The molecule has 156 valence electrons. The van der Waals surface area contributed by atoms with Gasteiger partial charge in [0.25, 0.3) is 0 Å². The van der Waals surface area contributed by atoms with Gasteiger partial charge in [-0.05, 0) is 42.7 Å². The molecular weight excluding hydrogens is 414 g/mol. The lowest BCUT2D eigenvalue weighted by atomic mass is 10.2. The lowest BCUT2D eigenvalue weighted by Gasteiger charge is -2.25. The van der Waals surface area contributed by atoms with Gasteiger partial charge in [-0.3, -0.25) is 0 Å². The number of allylic oxidation sites excluding steroid dienone is 1. The Morgan fingerprint density at radius 3 is 2.37 bits per heavy atom. The van der Waals surface area contributed by atoms with Crippen molar-refractivity contribution in [2.45, 2.75) is 30.7 Å². The van der Waals surface area contributed by atoms with Crippen LogP contribution < -0.4 is 4.80 Å². The van der Waals surface area contributed by atoms with E-state index in [2.05, 4.69) is 16.5 Å². The standard InChI is InChI=1S/C23H25N3O2S2/c1-2-15-26-22(18-29-23(26)24-20-9-5-3-6-10-20)19-11-13-21(14-12-19)30(27,28)25-16-7-4-8-17-25/h2-3,5-6,9-14,18H,1,4,7-8,15-17H2. The molecule has 0 bridgehead atoms. The molecule has 0 saturated carbocycles. The van der Waals surface area contributed by atoms with Gasteiger partial charge in [-0.2, -0.15) is 4.31 Å². The van der Waals surface area contributed by atoms with Crippen LogP contribution in [0, 0.1) is 0 Å². The number of hydrogen-bond acceptors (Lipinski definition) is 4. The zero-order chi connectivity index (χ0) is 21.0. The minimum absolute atomic E-state index is 0.354. The summed E-state index contributed by atoms with van der Waals surface area (Å²) >= 11 is 1.56. The molecule has 0 N–H and O–H groups in total. The van der Waals surface area contributed by atoms with Crippen LogP contribution in [0.5, 0.6) is 0 Å². The van der Waals surface area contributed by atoms with Crippen LogP contribution in [0.3, 0.4) is 0 Å². The third-order valence-corrected chi connectivity index (χ3v) is 7.97. The molecule has 4 rings (SSSR count). The molecule has 30 heavy (non-hydrogen) atoms. The Balaban J connectivity index is 1.68. The first-order valence-corrected chi connectivity index (χ1v) is 12.4. The highest BCUT2D eigenvalue weighted by molar-refractivity contribution is 7.89. The van der Waals surface area contributed by atoms with Crippen LogP contribution in [-0.4, -0.2) is 30.4 Å². The summed E-state index contributed by atoms with van der Waals surface area (Å²) in [5.74, 6) is 0. The van der Waals surface area contributed by atoms with Crippen LogP contribution in [0.4, 0.5) is 5.69 Å². The van der Waals surface area contributed by atoms with Crippen molar-refractivity contribution in [3.63, 3.8) is 0 Å². The highest BCUT2D eigenvalue weighted by Crippen LogP contribution is 2.25. The van der Waals surface area contributed by atoms with Gasteiger partial charge in [-0.15, -0.1) is 17.9 Å². The molecule has 5 nitrogen and oxygen atoms in total. The monoisotopic (exact) mass is 439 g/mol. The predicted molar refractivity (Wildman–Crippen MR) is 122 cm³/mol. The van der Waals surface area contributed by atoms with Crippen molar-refractivity contribution in [2.24, 2.45) is 4.99 Å². The second kappa shape index (κ2) is 9.12. The number of benzene rings is 2. The molecule has 0 atom stereocenters. The SMILES string of the molecule is C=CCn1c(-c2ccc(S(=O)(=O)N3CCCCC3)cc2)csc1=Nc1ccccc1. The van der Waals surface area contributed by atoms with E-state index in [1.54, 1.807) is 27.8 Å². The first-order valence-electron chi connectivity index (χ1n) is 10.1. The molecule has 1 aromatic heterocycles. The van der Waals surface area contributed by atoms with E-state index in [4.69, 9.17) is 4.99 Å². The third kappa shape index (κ3) is 4.33. The van der Waals surface area contributed by atoms with Crippen molar-refractivity contribution in [1.29, 1.82) is 0 Å². The summed E-state index contributed by atoms with van der Waals surface area (Å²) in [4.78, 5) is 5.99. The lowest BCUT2D eigenvalue weighted by Crippen LogP contribution is -2.35. The van der Waals surface area contributed by atoms with Crippen LogP contribution in [0.15, 0.2) is 82.5 Å². The molecule has 0 amide bonds. The number of piperidine rings is 1. The number of thiazole rings is 1. The van der Waals surface area contributed by atoms with E-state index in [1.165, 1.54) is 0 Å². The Kier molecular flexibility index (Phi) is 6.32. The van der Waals surface area contributed by atoms with Crippen molar-refractivity contribution in [3.05, 3.63) is 77.4 Å². The number of sulfonamides is 1. The molecule has 2 aromatic carbocycles. The average molecular weight is 440 g/mol. The minimum Gasteiger partial charge on any atom is -0.313 e. The van der Waals surface area contributed by atoms with E-state index in [0.717, 1.165) is 41.0 Å². The van der Waals surface area contributed by atoms with Gasteiger partial charge in [-0.25, -0.2) is 13.4 Å². The number of para-hydroxylation sites is 1. The minimum atomic E-state index is -3.42. The number of rotatable bonds is 6. The van der Waals surface area contributed by atoms with E-state index in [-0.39, 0.29) is 0 Å². The van der Waals surface area contributed by atoms with Crippen molar-refractivity contribution in [3.8, 4) is 11.3 Å². The quantitative estimate of drug-likeness (QED) is 0.518. The summed E-state index contributed by atoms with van der Waals surface area (Å²) in [6, 6.07) is 17.0. The zero-order valence-electron chi connectivity index (χ0n) is 16.8. The summed E-state index contributed by atoms with van der Waals surface area (Å²) < 4.78 is 29.5. The lowest BCUT2D eigenvalue weighted by molar-refractivity contribution is 0.346. The van der Waals surface area contributed by atoms with Crippen LogP contribution >= 0.6 is 11.3 Å². The molecule has 1 aliphatic heterocycles. The van der Waals surface area contributed by atoms with Gasteiger partial charge in [0.15, 0.2) is 4.80 Å². The van der Waals surface area contributed by atoms with Crippen molar-refractivity contribution in [1.82, 2.24) is 8.87 Å². The number of hydrogen-bond donors (Lipinski definition) is 0. The summed E-state index contributed by atoms with van der Waals surface area (Å²) in [5.41, 5.74) is 2.85. The molecule has 2 heterocycles. The molecule has 0 unspecified atom stereocenters. The van der Waals surface area contributed by atoms with Crippen molar-refractivity contribution in [2.75, 3.05) is 13.1 Å². The Hall–Kier alpha value is -2.48. The Bertz CT molecular complexity index is 1170. The smallest absolute Gasteiger partial charge is 0.243 e. The highest BCUT2D eigenvalue weighted by Gasteiger charge is 2.25. The second-order valence-electron chi connectivity index (χ2n) is 7.24. The van der Waals surface area contributed by atoms with E-state index in [1.807, 2.05) is 48.5 Å². The van der Waals surface area contributed by atoms with Crippen molar-refractivity contribution < 1.29 is 8.42 Å². The van der Waals surface area contributed by atoms with Gasteiger partial charge >= 0.3 is 0 Å². The summed E-state index contributed by atoms with van der Waals surface area (Å²) in [5, 5.41) is 2.05. The van der Waals surface area contributed by atoms with E-state index in [9.17, 15) is 8.42 Å². The molecule has 1 aliphatic rings. The number of aromatic nitrogens is 1. The molecular formula is C23H25N3O2S2. The van der Waals surface area contributed by atoms with Crippen LogP contribution in [-0.2, 0) is 16.6 Å². The van der Waals surface area contributed by atoms with Crippen molar-refractivity contribution >= 4 is 27.0 Å². The zero-order valence-corrected chi connectivity index (χ0v) is 18.4. The maximum absolute atomic E-state index is 12.9. The maximum atomic E-state index is 12.9. The van der Waals surface area contributed by atoms with Gasteiger partial charge in [-0.1, -0.05) is 42.8 Å². The normalized spacial score (nSPS) is 15.9. The topological polar surface area (TPSA) is 54.7 Å². The second-order valence-corrected chi connectivity index (χ2v) is 10.0. The fourth-order valence-corrected chi connectivity index (χ4v) is 6.08. The first-order chi connectivity index (χ1) is 14.6. The summed E-state index contributed by atoms with van der Waals surface area (Å²) in [7, 11) is -3.42. The Morgan fingerprint density at radius 2 is 1.70 bits per heavy atom. The highest BCUT2D eigenvalue weighted by atomic mass is 32.2. The fraction of sp³-hybridized carbons (Fsp3) is 0.261. The molecule has 0 radical (unpaired) electrons. The maximum Gasteiger partial charge on any atom is 0.243 e. The molecule has 3 aromatic rings. The first kappa shape index (κ1) is 20.8. The average Bonchev–Trinajstić information content (AvgIpc) is 3.17. The van der Waals surface area contributed by atoms with Crippen LogP contribution in [0.25, 0.3) is 11.3 Å². The van der Waals surface area contributed by atoms with E-state index < -0.39 is 10.0 Å². The molecule has 0 aliphatic carbocycles. The van der Waals surface area contributed by atoms with E-state index in [0.29, 0.717) is 24.5 Å². The largest absolute Gasteiger partial charge is 0.313 e. The predicted octanol–water partition coefficient (Wildman–Crippen LogP) is 4.81. The van der Waals surface area contributed by atoms with E-state index >= 15 is 0 Å². The molecule has 1 saturated heterocycles. The summed E-state index contributed by atoms with van der Waals surface area (Å²) in [6.07, 6.45) is 4.81. The van der Waals surface area contributed by atoms with Crippen LogP contribution in [0.1, 0.15) is 19.3 Å². The summed E-state index contributed by atoms with van der Waals surface area (Å²) in [6.45, 7) is 5.72. The van der Waals surface area contributed by atoms with Gasteiger partial charge < -0.3 is 4.57 Å². The fourth-order valence-electron chi connectivity index (χ4n) is 3.62. The van der Waals surface area contributed by atoms with Gasteiger partial charge in [0.05, 0.1) is 16.3 Å².